The molecule has 1 aliphatic carbocycles. The molecular weight excluding hydrogens is 196 g/mol. The molecule has 1 N–H and O–H groups in total. The van der Waals surface area contributed by atoms with Crippen LogP contribution in [0.25, 0.3) is 0 Å². The highest BCUT2D eigenvalue weighted by Crippen LogP contribution is 2.16. The fourth-order valence-electron chi connectivity index (χ4n) is 1.17. The smallest absolute Gasteiger partial charge is 0.344 e. The maximum Gasteiger partial charge on any atom is 0.344 e. The molecule has 0 bridgehead atoms. The molecule has 0 aromatic rings. The third kappa shape index (κ3) is 3.11. The molecule has 1 unspecified atom stereocenters. The number of carbonyl (C=O) groups is 1. The molecule has 0 saturated carbocycles. The van der Waals surface area contributed by atoms with Gasteiger partial charge < -0.3 is 9.84 Å². The van der Waals surface area contributed by atoms with Crippen molar-refractivity contribution in [1.82, 2.24) is 0 Å². The van der Waals surface area contributed by atoms with Crippen LogP contribution in [-0.2, 0) is 14.3 Å². The van der Waals surface area contributed by atoms with E-state index in [0.717, 1.165) is 0 Å². The molecule has 0 aliphatic heterocycles. The third-order valence-electron chi connectivity index (χ3n) is 2.03. The van der Waals surface area contributed by atoms with Crippen molar-refractivity contribution in [2.75, 3.05) is 0 Å². The second kappa shape index (κ2) is 5.17. The molecule has 80 valence electrons. The summed E-state index contributed by atoms with van der Waals surface area (Å²) in [4.78, 5) is 21.0. The van der Waals surface area contributed by atoms with Crippen molar-refractivity contribution in [3.8, 4) is 0 Å². The first-order valence-electron chi connectivity index (χ1n) is 4.69. The van der Waals surface area contributed by atoms with Crippen LogP contribution in [0.5, 0.6) is 0 Å². The summed E-state index contributed by atoms with van der Waals surface area (Å²) < 4.78 is 5.23. The fraction of sp³-hybridized carbons (Fsp3) is 0.364. The first-order valence-corrected chi connectivity index (χ1v) is 4.69. The van der Waals surface area contributed by atoms with Crippen molar-refractivity contribution in [2.24, 2.45) is 0 Å². The van der Waals surface area contributed by atoms with E-state index < -0.39 is 12.1 Å². The molecule has 1 aliphatic rings. The summed E-state index contributed by atoms with van der Waals surface area (Å²) in [7, 11) is 0. The van der Waals surface area contributed by atoms with Crippen LogP contribution in [0.4, 0.5) is 0 Å². The van der Waals surface area contributed by atoms with Crippen LogP contribution in [0, 0.1) is 0 Å². The topological polar surface area (TPSA) is 63.6 Å². The van der Waals surface area contributed by atoms with Crippen LogP contribution >= 0.6 is 0 Å². The number of carboxylic acids is 1. The quantitative estimate of drug-likeness (QED) is 0.710. The van der Waals surface area contributed by atoms with Crippen molar-refractivity contribution < 1.29 is 19.4 Å². The molecule has 0 fully saturated rings. The minimum atomic E-state index is -0.983. The van der Waals surface area contributed by atoms with Crippen LogP contribution < -0.4 is 0 Å². The summed E-state index contributed by atoms with van der Waals surface area (Å²) in [6.07, 6.45) is 4.84. The molecule has 1 atom stereocenters. The second-order valence-corrected chi connectivity index (χ2v) is 3.12. The van der Waals surface area contributed by atoms with Crippen LogP contribution in [0.1, 0.15) is 19.8 Å². The van der Waals surface area contributed by atoms with Crippen molar-refractivity contribution in [3.05, 3.63) is 29.6 Å². The number of carboxylic acid groups (broad SMARTS) is 1. The van der Waals surface area contributed by atoms with Gasteiger partial charge in [0.1, 0.15) is 11.7 Å². The first-order chi connectivity index (χ1) is 7.17. The van der Waals surface area contributed by atoms with E-state index in [4.69, 9.17) is 9.84 Å². The predicted octanol–water partition coefficient (Wildman–Crippen LogP) is 1.47. The Morgan fingerprint density at radius 1 is 1.67 bits per heavy atom. The summed E-state index contributed by atoms with van der Waals surface area (Å²) in [5.74, 6) is 1.28. The molecule has 0 heterocycles. The highest BCUT2D eigenvalue weighted by molar-refractivity contribution is 5.72. The number of rotatable bonds is 4. The van der Waals surface area contributed by atoms with Crippen LogP contribution in [0.15, 0.2) is 29.6 Å². The van der Waals surface area contributed by atoms with E-state index >= 15 is 0 Å². The maximum absolute atomic E-state index is 10.7. The average Bonchev–Trinajstić information content (AvgIpc) is 2.26. The van der Waals surface area contributed by atoms with Gasteiger partial charge in [-0.05, 0) is 24.6 Å². The Morgan fingerprint density at radius 2 is 2.40 bits per heavy atom. The van der Waals surface area contributed by atoms with Crippen molar-refractivity contribution in [3.63, 3.8) is 0 Å². The lowest BCUT2D eigenvalue weighted by Gasteiger charge is -2.15. The number of hydrogen-bond acceptors (Lipinski definition) is 3. The fourth-order valence-corrected chi connectivity index (χ4v) is 1.17. The average molecular weight is 208 g/mol. The molecule has 0 radical (unpaired) electrons. The van der Waals surface area contributed by atoms with E-state index in [1.807, 2.05) is 0 Å². The van der Waals surface area contributed by atoms with Gasteiger partial charge in [-0.2, -0.15) is 0 Å². The van der Waals surface area contributed by atoms with Gasteiger partial charge in [-0.1, -0.05) is 6.92 Å². The normalized spacial score (nSPS) is 16.6. The van der Waals surface area contributed by atoms with Gasteiger partial charge in [0, 0.05) is 12.0 Å². The number of aliphatic carboxylic acids is 1. The minimum absolute atomic E-state index is 0.400. The first kappa shape index (κ1) is 11.3. The lowest BCUT2D eigenvalue weighted by molar-refractivity contribution is -0.147. The zero-order chi connectivity index (χ0) is 11.3. The molecule has 0 saturated heterocycles. The summed E-state index contributed by atoms with van der Waals surface area (Å²) >= 11 is 0. The molecule has 15 heavy (non-hydrogen) atoms. The van der Waals surface area contributed by atoms with Crippen molar-refractivity contribution in [1.29, 1.82) is 0 Å². The molecule has 0 spiro atoms. The Labute approximate surface area is 87.5 Å². The molecular formula is C11H12O4. The Balaban J connectivity index is 2.62. The van der Waals surface area contributed by atoms with Gasteiger partial charge >= 0.3 is 5.97 Å². The largest absolute Gasteiger partial charge is 0.479 e. The third-order valence-corrected chi connectivity index (χ3v) is 2.03. The van der Waals surface area contributed by atoms with Gasteiger partial charge in [-0.3, -0.25) is 0 Å². The SMILES string of the molecule is CCC(OC1=CCC(=C=O)C=C1)C(=O)O. The zero-order valence-electron chi connectivity index (χ0n) is 8.40. The van der Waals surface area contributed by atoms with E-state index in [9.17, 15) is 9.59 Å². The number of hydrogen-bond donors (Lipinski definition) is 1. The predicted molar refractivity (Wildman–Crippen MR) is 53.8 cm³/mol. The van der Waals surface area contributed by atoms with Gasteiger partial charge in [0.15, 0.2) is 6.10 Å². The van der Waals surface area contributed by atoms with Crippen LogP contribution in [0.3, 0.4) is 0 Å². The van der Waals surface area contributed by atoms with Gasteiger partial charge in [-0.25, -0.2) is 9.59 Å². The van der Waals surface area contributed by atoms with Crippen LogP contribution in [-0.4, -0.2) is 23.1 Å². The van der Waals surface area contributed by atoms with E-state index in [2.05, 4.69) is 0 Å². The van der Waals surface area contributed by atoms with Gasteiger partial charge in [0.05, 0.1) is 0 Å². The molecule has 0 aromatic carbocycles. The minimum Gasteiger partial charge on any atom is -0.479 e. The number of allylic oxidation sites excluding steroid dienone is 4. The Kier molecular flexibility index (Phi) is 3.89. The number of carbonyl (C=O) groups excluding carboxylic acids is 1. The van der Waals surface area contributed by atoms with E-state index in [0.29, 0.717) is 24.2 Å². The molecule has 0 aromatic heterocycles. The summed E-state index contributed by atoms with van der Waals surface area (Å²) in [6.45, 7) is 1.74. The Bertz CT molecular complexity index is 359. The van der Waals surface area contributed by atoms with Crippen molar-refractivity contribution >= 4 is 11.9 Å². The molecule has 4 nitrogen and oxygen atoms in total. The van der Waals surface area contributed by atoms with E-state index in [1.165, 1.54) is 0 Å². The standard InChI is InChI=1S/C11H12O4/c1-2-10(11(13)14)15-9-5-3-8(7-12)4-6-9/h3,5-6,10H,2,4H2,1H3,(H,13,14). The van der Waals surface area contributed by atoms with Gasteiger partial charge in [-0.15, -0.1) is 0 Å². The van der Waals surface area contributed by atoms with E-state index in [-0.39, 0.29) is 0 Å². The number of ether oxygens (including phenoxy) is 1. The second-order valence-electron chi connectivity index (χ2n) is 3.12. The van der Waals surface area contributed by atoms with E-state index in [1.54, 1.807) is 31.1 Å². The Morgan fingerprint density at radius 3 is 2.80 bits per heavy atom. The summed E-state index contributed by atoms with van der Waals surface area (Å²) in [5.41, 5.74) is 0.533. The molecule has 1 rings (SSSR count). The monoisotopic (exact) mass is 208 g/mol. The van der Waals surface area contributed by atoms with Gasteiger partial charge in [0.25, 0.3) is 0 Å². The zero-order valence-corrected chi connectivity index (χ0v) is 8.40. The van der Waals surface area contributed by atoms with Crippen molar-refractivity contribution in [2.45, 2.75) is 25.9 Å². The lowest BCUT2D eigenvalue weighted by atomic mass is 10.1. The van der Waals surface area contributed by atoms with Crippen LogP contribution in [0.2, 0.25) is 0 Å². The highest BCUT2D eigenvalue weighted by Gasteiger charge is 2.17. The summed E-state index contributed by atoms with van der Waals surface area (Å²) in [5, 5.41) is 8.76. The lowest BCUT2D eigenvalue weighted by Crippen LogP contribution is -2.22. The Hall–Kier alpha value is -1.80. The highest BCUT2D eigenvalue weighted by atomic mass is 16.5. The van der Waals surface area contributed by atoms with Gasteiger partial charge in [0.2, 0.25) is 0 Å². The molecule has 4 heteroatoms. The summed E-state index contributed by atoms with van der Waals surface area (Å²) in [6, 6.07) is 0. The maximum atomic E-state index is 10.7. The molecule has 0 amide bonds.